The molecule has 2 aromatic carbocycles. The molecule has 0 saturated heterocycles. The Labute approximate surface area is 127 Å². The van der Waals surface area contributed by atoms with Crippen LogP contribution < -0.4 is 5.73 Å². The standard InChI is InChI=1S/C14H11Br2F2N/c15-10-3-9(4-11(16)7-10)14(19)6-8-5-12(17)1-2-13(8)18/h1-5,7,14H,6,19H2. The molecule has 0 aliphatic carbocycles. The monoisotopic (exact) mass is 389 g/mol. The zero-order valence-electron chi connectivity index (χ0n) is 9.84. The smallest absolute Gasteiger partial charge is 0.126 e. The second-order valence-corrected chi connectivity index (χ2v) is 6.08. The van der Waals surface area contributed by atoms with Crippen LogP contribution in [0.3, 0.4) is 0 Å². The maximum absolute atomic E-state index is 13.6. The summed E-state index contributed by atoms with van der Waals surface area (Å²) in [6.07, 6.45) is 0.243. The maximum atomic E-state index is 13.6. The average Bonchev–Trinajstić information content (AvgIpc) is 2.32. The summed E-state index contributed by atoms with van der Waals surface area (Å²) in [6, 6.07) is 8.62. The molecule has 1 unspecified atom stereocenters. The molecule has 0 aliphatic rings. The predicted octanol–water partition coefficient (Wildman–Crippen LogP) is 4.73. The van der Waals surface area contributed by atoms with Crippen molar-refractivity contribution in [2.24, 2.45) is 5.73 Å². The summed E-state index contributed by atoms with van der Waals surface area (Å²) >= 11 is 6.75. The normalized spacial score (nSPS) is 12.5. The minimum atomic E-state index is -0.459. The third-order valence-corrected chi connectivity index (χ3v) is 3.68. The first-order valence-electron chi connectivity index (χ1n) is 5.61. The molecule has 0 radical (unpaired) electrons. The SMILES string of the molecule is NC(Cc1cc(F)ccc1F)c1cc(Br)cc(Br)c1. The fraction of sp³-hybridized carbons (Fsp3) is 0.143. The van der Waals surface area contributed by atoms with Gasteiger partial charge in [0.1, 0.15) is 11.6 Å². The van der Waals surface area contributed by atoms with E-state index in [2.05, 4.69) is 31.9 Å². The second-order valence-electron chi connectivity index (χ2n) is 4.25. The van der Waals surface area contributed by atoms with E-state index in [1.165, 1.54) is 6.07 Å². The molecule has 5 heteroatoms. The third-order valence-electron chi connectivity index (χ3n) is 2.76. The zero-order chi connectivity index (χ0) is 14.0. The Bertz CT molecular complexity index is 582. The summed E-state index contributed by atoms with van der Waals surface area (Å²) in [6.45, 7) is 0. The molecule has 2 rings (SSSR count). The number of nitrogens with two attached hydrogens (primary N) is 1. The lowest BCUT2D eigenvalue weighted by atomic mass is 9.99. The number of rotatable bonds is 3. The molecular weight excluding hydrogens is 380 g/mol. The average molecular weight is 391 g/mol. The molecule has 2 N–H and O–H groups in total. The van der Waals surface area contributed by atoms with E-state index in [0.29, 0.717) is 0 Å². The van der Waals surface area contributed by atoms with Crippen LogP contribution in [0.2, 0.25) is 0 Å². The molecule has 100 valence electrons. The van der Waals surface area contributed by atoms with Gasteiger partial charge in [-0.2, -0.15) is 0 Å². The maximum Gasteiger partial charge on any atom is 0.126 e. The Hall–Kier alpha value is -0.780. The molecule has 1 nitrogen and oxygen atoms in total. The molecule has 0 fully saturated rings. The van der Waals surface area contributed by atoms with Gasteiger partial charge in [0, 0.05) is 15.0 Å². The highest BCUT2D eigenvalue weighted by molar-refractivity contribution is 9.11. The van der Waals surface area contributed by atoms with Crippen LogP contribution in [0.1, 0.15) is 17.2 Å². The van der Waals surface area contributed by atoms with E-state index in [-0.39, 0.29) is 12.0 Å². The Kier molecular flexibility index (Phi) is 4.71. The molecule has 0 spiro atoms. The van der Waals surface area contributed by atoms with Crippen LogP contribution in [0.4, 0.5) is 8.78 Å². The van der Waals surface area contributed by atoms with Crippen molar-refractivity contribution in [2.75, 3.05) is 0 Å². The molecule has 0 bridgehead atoms. The lowest BCUT2D eigenvalue weighted by Gasteiger charge is -2.14. The molecule has 0 heterocycles. The molecule has 0 aliphatic heterocycles. The highest BCUT2D eigenvalue weighted by Crippen LogP contribution is 2.25. The van der Waals surface area contributed by atoms with Crippen LogP contribution in [0.25, 0.3) is 0 Å². The van der Waals surface area contributed by atoms with Gasteiger partial charge in [-0.15, -0.1) is 0 Å². The van der Waals surface area contributed by atoms with Crippen LogP contribution >= 0.6 is 31.9 Å². The minimum absolute atomic E-state index is 0.243. The van der Waals surface area contributed by atoms with E-state index in [9.17, 15) is 8.78 Å². The van der Waals surface area contributed by atoms with Crippen molar-refractivity contribution in [3.05, 3.63) is 68.1 Å². The molecule has 2 aromatic rings. The van der Waals surface area contributed by atoms with Crippen LogP contribution in [0, 0.1) is 11.6 Å². The van der Waals surface area contributed by atoms with Crippen molar-refractivity contribution in [2.45, 2.75) is 12.5 Å². The van der Waals surface area contributed by atoms with Crippen LogP contribution in [0.5, 0.6) is 0 Å². The number of hydrogen-bond donors (Lipinski definition) is 1. The van der Waals surface area contributed by atoms with Gasteiger partial charge in [0.25, 0.3) is 0 Å². The van der Waals surface area contributed by atoms with Crippen molar-refractivity contribution < 1.29 is 8.78 Å². The fourth-order valence-electron chi connectivity index (χ4n) is 1.84. The highest BCUT2D eigenvalue weighted by Gasteiger charge is 2.12. The summed E-state index contributed by atoms with van der Waals surface area (Å²) in [7, 11) is 0. The Balaban J connectivity index is 2.25. The van der Waals surface area contributed by atoms with Crippen LogP contribution in [0.15, 0.2) is 45.3 Å². The third kappa shape index (κ3) is 3.84. The molecule has 19 heavy (non-hydrogen) atoms. The van der Waals surface area contributed by atoms with Gasteiger partial charge in [-0.05, 0) is 53.9 Å². The first kappa shape index (κ1) is 14.6. The number of benzene rings is 2. The number of halogens is 4. The Morgan fingerprint density at radius 1 is 1.00 bits per heavy atom. The number of hydrogen-bond acceptors (Lipinski definition) is 1. The van der Waals surface area contributed by atoms with Crippen LogP contribution in [-0.4, -0.2) is 0 Å². The highest BCUT2D eigenvalue weighted by atomic mass is 79.9. The largest absolute Gasteiger partial charge is 0.324 e. The first-order valence-corrected chi connectivity index (χ1v) is 7.20. The van der Waals surface area contributed by atoms with Gasteiger partial charge in [0.15, 0.2) is 0 Å². The Morgan fingerprint density at radius 2 is 1.63 bits per heavy atom. The molecule has 0 aromatic heterocycles. The summed E-state index contributed by atoms with van der Waals surface area (Å²) in [5, 5.41) is 0. The lowest BCUT2D eigenvalue weighted by Crippen LogP contribution is -2.14. The molecule has 0 saturated carbocycles. The van der Waals surface area contributed by atoms with Crippen molar-refractivity contribution in [3.63, 3.8) is 0 Å². The first-order chi connectivity index (χ1) is 8.95. The topological polar surface area (TPSA) is 26.0 Å². The van der Waals surface area contributed by atoms with Gasteiger partial charge < -0.3 is 5.73 Å². The zero-order valence-corrected chi connectivity index (χ0v) is 13.0. The lowest BCUT2D eigenvalue weighted by molar-refractivity contribution is 0.572. The minimum Gasteiger partial charge on any atom is -0.324 e. The summed E-state index contributed by atoms with van der Waals surface area (Å²) in [5.41, 5.74) is 7.19. The molecule has 1 atom stereocenters. The molecule has 0 amide bonds. The van der Waals surface area contributed by atoms with Gasteiger partial charge in [0.2, 0.25) is 0 Å². The van der Waals surface area contributed by atoms with Gasteiger partial charge in [-0.3, -0.25) is 0 Å². The van der Waals surface area contributed by atoms with E-state index in [1.807, 2.05) is 18.2 Å². The van der Waals surface area contributed by atoms with Gasteiger partial charge in [0.05, 0.1) is 0 Å². The van der Waals surface area contributed by atoms with E-state index in [0.717, 1.165) is 26.6 Å². The van der Waals surface area contributed by atoms with E-state index >= 15 is 0 Å². The predicted molar refractivity (Wildman–Crippen MR) is 78.8 cm³/mol. The van der Waals surface area contributed by atoms with Gasteiger partial charge in [-0.25, -0.2) is 8.78 Å². The summed E-state index contributed by atoms with van der Waals surface area (Å²) in [4.78, 5) is 0. The van der Waals surface area contributed by atoms with Gasteiger partial charge >= 0.3 is 0 Å². The van der Waals surface area contributed by atoms with E-state index < -0.39 is 17.7 Å². The Morgan fingerprint density at radius 3 is 2.26 bits per heavy atom. The summed E-state index contributed by atoms with van der Waals surface area (Å²) in [5.74, 6) is -0.898. The van der Waals surface area contributed by atoms with Crippen molar-refractivity contribution in [3.8, 4) is 0 Å². The summed E-state index contributed by atoms with van der Waals surface area (Å²) < 4.78 is 28.4. The van der Waals surface area contributed by atoms with Crippen molar-refractivity contribution in [1.82, 2.24) is 0 Å². The quantitative estimate of drug-likeness (QED) is 0.805. The van der Waals surface area contributed by atoms with Crippen molar-refractivity contribution in [1.29, 1.82) is 0 Å². The van der Waals surface area contributed by atoms with Gasteiger partial charge in [-0.1, -0.05) is 31.9 Å². The second kappa shape index (κ2) is 6.11. The molecular formula is C14H11Br2F2N. The van der Waals surface area contributed by atoms with Crippen molar-refractivity contribution >= 4 is 31.9 Å². The van der Waals surface area contributed by atoms with Crippen LogP contribution in [-0.2, 0) is 6.42 Å². The van der Waals surface area contributed by atoms with E-state index in [1.54, 1.807) is 0 Å². The van der Waals surface area contributed by atoms with E-state index in [4.69, 9.17) is 5.73 Å². The fourth-order valence-corrected chi connectivity index (χ4v) is 3.17.